The standard InChI is InChI=1S/C21H26N2O2.ClH/c1-2-16-8-6-7-11-19(16)25-20(17-9-4-3-5-10-17)21(24)23-14-12-18(22)13-15-23;/h3-11,18,20H,2,12-15,22H2,1H3;1H. The minimum absolute atomic E-state index is 0. The topological polar surface area (TPSA) is 55.6 Å². The number of rotatable bonds is 5. The molecule has 1 atom stereocenters. The minimum Gasteiger partial charge on any atom is -0.476 e. The highest BCUT2D eigenvalue weighted by Crippen LogP contribution is 2.28. The van der Waals surface area contributed by atoms with Crippen molar-refractivity contribution in [3.05, 3.63) is 65.7 Å². The largest absolute Gasteiger partial charge is 0.476 e. The molecule has 0 spiro atoms. The lowest BCUT2D eigenvalue weighted by Crippen LogP contribution is -2.45. The Hall–Kier alpha value is -2.04. The smallest absolute Gasteiger partial charge is 0.268 e. The van der Waals surface area contributed by atoms with Gasteiger partial charge in [0.25, 0.3) is 5.91 Å². The monoisotopic (exact) mass is 374 g/mol. The number of piperidine rings is 1. The van der Waals surface area contributed by atoms with E-state index in [4.69, 9.17) is 10.5 Å². The summed E-state index contributed by atoms with van der Waals surface area (Å²) < 4.78 is 6.24. The summed E-state index contributed by atoms with van der Waals surface area (Å²) >= 11 is 0. The lowest BCUT2D eigenvalue weighted by atomic mass is 10.0. The number of likely N-dealkylation sites (tertiary alicyclic amines) is 1. The summed E-state index contributed by atoms with van der Waals surface area (Å²) in [5.41, 5.74) is 7.97. The van der Waals surface area contributed by atoms with E-state index >= 15 is 0 Å². The van der Waals surface area contributed by atoms with Gasteiger partial charge in [0.05, 0.1) is 0 Å². The van der Waals surface area contributed by atoms with Crippen LogP contribution in [0.25, 0.3) is 0 Å². The first-order chi connectivity index (χ1) is 12.2. The Morgan fingerprint density at radius 2 is 1.73 bits per heavy atom. The van der Waals surface area contributed by atoms with Crippen LogP contribution in [-0.4, -0.2) is 29.9 Å². The van der Waals surface area contributed by atoms with Crippen LogP contribution in [0, 0.1) is 0 Å². The molecule has 1 amide bonds. The van der Waals surface area contributed by atoms with Crippen LogP contribution in [0.5, 0.6) is 5.75 Å². The molecule has 1 aliphatic heterocycles. The summed E-state index contributed by atoms with van der Waals surface area (Å²) in [5, 5.41) is 0. The maximum Gasteiger partial charge on any atom is 0.268 e. The highest BCUT2D eigenvalue weighted by Gasteiger charge is 2.30. The number of amides is 1. The molecule has 2 N–H and O–H groups in total. The lowest BCUT2D eigenvalue weighted by Gasteiger charge is -2.33. The third-order valence-electron chi connectivity index (χ3n) is 4.78. The molecule has 1 saturated heterocycles. The third-order valence-corrected chi connectivity index (χ3v) is 4.78. The maximum absolute atomic E-state index is 13.2. The summed E-state index contributed by atoms with van der Waals surface area (Å²) in [5.74, 6) is 0.796. The normalized spacial score (nSPS) is 15.8. The summed E-state index contributed by atoms with van der Waals surface area (Å²) in [7, 11) is 0. The predicted molar refractivity (Wildman–Crippen MR) is 107 cm³/mol. The lowest BCUT2D eigenvalue weighted by molar-refractivity contribution is -0.140. The van der Waals surface area contributed by atoms with Crippen molar-refractivity contribution in [2.75, 3.05) is 13.1 Å². The Bertz CT molecular complexity index is 700. The van der Waals surface area contributed by atoms with E-state index < -0.39 is 6.10 Å². The van der Waals surface area contributed by atoms with E-state index in [2.05, 4.69) is 6.92 Å². The van der Waals surface area contributed by atoms with Crippen molar-refractivity contribution in [2.45, 2.75) is 38.3 Å². The molecule has 1 heterocycles. The Labute approximate surface area is 161 Å². The summed E-state index contributed by atoms with van der Waals surface area (Å²) in [6, 6.07) is 17.9. The van der Waals surface area contributed by atoms with Crippen LogP contribution in [0.3, 0.4) is 0 Å². The fourth-order valence-electron chi connectivity index (χ4n) is 3.21. The minimum atomic E-state index is -0.622. The fraction of sp³-hybridized carbons (Fsp3) is 0.381. The van der Waals surface area contributed by atoms with E-state index in [-0.39, 0.29) is 24.4 Å². The Balaban J connectivity index is 0.00000243. The van der Waals surface area contributed by atoms with E-state index in [1.807, 2.05) is 59.5 Å². The van der Waals surface area contributed by atoms with Crippen LogP contribution in [0.4, 0.5) is 0 Å². The van der Waals surface area contributed by atoms with Gasteiger partial charge < -0.3 is 15.4 Å². The number of aryl methyl sites for hydroxylation is 1. The Kier molecular flexibility index (Phi) is 7.49. The SMILES string of the molecule is CCc1ccccc1OC(C(=O)N1CCC(N)CC1)c1ccccc1.Cl. The molecule has 1 unspecified atom stereocenters. The number of hydrogen-bond acceptors (Lipinski definition) is 3. The third kappa shape index (κ3) is 4.77. The Morgan fingerprint density at radius 1 is 1.12 bits per heavy atom. The number of benzene rings is 2. The number of hydrogen-bond donors (Lipinski definition) is 1. The molecule has 0 bridgehead atoms. The first-order valence-corrected chi connectivity index (χ1v) is 9.03. The summed E-state index contributed by atoms with van der Waals surface area (Å²) in [6.07, 6.45) is 1.94. The molecule has 2 aromatic carbocycles. The van der Waals surface area contributed by atoms with Gasteiger partial charge in [0.1, 0.15) is 5.75 Å². The molecule has 2 aromatic rings. The predicted octanol–water partition coefficient (Wildman–Crippen LogP) is 3.74. The van der Waals surface area contributed by atoms with E-state index in [9.17, 15) is 4.79 Å². The molecule has 3 rings (SSSR count). The van der Waals surface area contributed by atoms with Gasteiger partial charge in [0.15, 0.2) is 0 Å². The first kappa shape index (κ1) is 20.3. The number of carbonyl (C=O) groups is 1. The molecule has 5 heteroatoms. The van der Waals surface area contributed by atoms with Crippen LogP contribution in [0.2, 0.25) is 0 Å². The van der Waals surface area contributed by atoms with Gasteiger partial charge in [-0.15, -0.1) is 12.4 Å². The number of para-hydroxylation sites is 1. The van der Waals surface area contributed by atoms with E-state index in [1.165, 1.54) is 0 Å². The molecule has 1 fully saturated rings. The van der Waals surface area contributed by atoms with Crippen molar-refractivity contribution >= 4 is 18.3 Å². The Morgan fingerprint density at radius 3 is 2.38 bits per heavy atom. The second-order valence-electron chi connectivity index (χ2n) is 6.53. The van der Waals surface area contributed by atoms with Crippen LogP contribution in [0.1, 0.15) is 37.0 Å². The summed E-state index contributed by atoms with van der Waals surface area (Å²) in [6.45, 7) is 3.48. The van der Waals surface area contributed by atoms with Gasteiger partial charge in [-0.2, -0.15) is 0 Å². The molecular formula is C21H27ClN2O2. The van der Waals surface area contributed by atoms with Gasteiger partial charge in [-0.25, -0.2) is 0 Å². The van der Waals surface area contributed by atoms with Crippen molar-refractivity contribution in [3.8, 4) is 5.75 Å². The second kappa shape index (κ2) is 9.60. The number of ether oxygens (including phenoxy) is 1. The molecule has 0 aliphatic carbocycles. The number of carbonyl (C=O) groups excluding carboxylic acids is 1. The number of nitrogens with two attached hydrogens (primary N) is 1. The van der Waals surface area contributed by atoms with E-state index in [1.54, 1.807) is 0 Å². The quantitative estimate of drug-likeness (QED) is 0.867. The van der Waals surface area contributed by atoms with Crippen molar-refractivity contribution < 1.29 is 9.53 Å². The highest BCUT2D eigenvalue weighted by molar-refractivity contribution is 5.85. The molecule has 0 aromatic heterocycles. The van der Waals surface area contributed by atoms with Gasteiger partial charge in [-0.05, 0) is 30.9 Å². The van der Waals surface area contributed by atoms with Gasteiger partial charge in [0.2, 0.25) is 6.10 Å². The molecule has 0 saturated carbocycles. The number of nitrogens with zero attached hydrogens (tertiary/aromatic N) is 1. The van der Waals surface area contributed by atoms with Crippen LogP contribution >= 0.6 is 12.4 Å². The zero-order chi connectivity index (χ0) is 17.6. The molecule has 0 radical (unpaired) electrons. The highest BCUT2D eigenvalue weighted by atomic mass is 35.5. The molecular weight excluding hydrogens is 348 g/mol. The average Bonchev–Trinajstić information content (AvgIpc) is 2.67. The van der Waals surface area contributed by atoms with Crippen LogP contribution < -0.4 is 10.5 Å². The van der Waals surface area contributed by atoms with Gasteiger partial charge in [-0.1, -0.05) is 55.5 Å². The summed E-state index contributed by atoms with van der Waals surface area (Å²) in [4.78, 5) is 15.1. The average molecular weight is 375 g/mol. The molecule has 1 aliphatic rings. The second-order valence-corrected chi connectivity index (χ2v) is 6.53. The van der Waals surface area contributed by atoms with E-state index in [0.717, 1.165) is 36.1 Å². The molecule has 140 valence electrons. The van der Waals surface area contributed by atoms with Crippen LogP contribution in [0.15, 0.2) is 54.6 Å². The zero-order valence-corrected chi connectivity index (χ0v) is 16.0. The maximum atomic E-state index is 13.2. The van der Waals surface area contributed by atoms with Crippen molar-refractivity contribution in [2.24, 2.45) is 5.73 Å². The molecule has 4 nitrogen and oxygen atoms in total. The van der Waals surface area contributed by atoms with Crippen LogP contribution in [-0.2, 0) is 11.2 Å². The fourth-order valence-corrected chi connectivity index (χ4v) is 3.21. The van der Waals surface area contributed by atoms with Crippen molar-refractivity contribution in [3.63, 3.8) is 0 Å². The first-order valence-electron chi connectivity index (χ1n) is 9.03. The van der Waals surface area contributed by atoms with Crippen molar-refractivity contribution in [1.82, 2.24) is 4.90 Å². The molecule has 26 heavy (non-hydrogen) atoms. The van der Waals surface area contributed by atoms with Crippen molar-refractivity contribution in [1.29, 1.82) is 0 Å². The van der Waals surface area contributed by atoms with Gasteiger partial charge >= 0.3 is 0 Å². The zero-order valence-electron chi connectivity index (χ0n) is 15.1. The van der Waals surface area contributed by atoms with Gasteiger partial charge in [-0.3, -0.25) is 4.79 Å². The number of halogens is 1. The van der Waals surface area contributed by atoms with E-state index in [0.29, 0.717) is 13.1 Å². The van der Waals surface area contributed by atoms with Gasteiger partial charge in [0, 0.05) is 24.7 Å².